The molecular formula is C58H83Cl3N8O32S12. The average Bonchev–Trinajstić information content (AvgIpc) is 1.64. The first-order chi connectivity index (χ1) is 52.0. The predicted molar refractivity (Wildman–Crippen MR) is 408 cm³/mol. The van der Waals surface area contributed by atoms with Crippen LogP contribution < -0.4 is 25.9 Å². The Balaban J connectivity index is 0.000000375. The van der Waals surface area contributed by atoms with Crippen LogP contribution >= 0.6 is 80.1 Å². The lowest BCUT2D eigenvalue weighted by molar-refractivity contribution is -0.154. The van der Waals surface area contributed by atoms with E-state index < -0.39 is 180 Å². The number of sulfone groups is 4. The molecule has 3 amide bonds. The SMILES string of the molecule is CCN(C(=O)OCCl)[C@H]1C[C@H](C)S(=O)(=O)c2sc(S(N)(=O)=O)cc21.CCN(C(=O)OCOC(=O)CCCC(=O)OCOC(=O)N(CC)[C@H]1C[C@H](C)S(=O)(=O)c2sc(S(N)(=O)=O)cc21)[C@H]1C[C@H](C)S(=O)(=O)c2sc(S(N)(=O)=O)cc21.CCN[C@H]1C[C@H](C)S(=O)(=O)c2sc(S(N)(=O)=O)cc21.O=C(Cl)OCCl.O=C(O)CCCC(=O)O. The fraction of sp³-hybridized carbons (Fsp3) is 0.586. The first-order valence-electron chi connectivity index (χ1n) is 32.9. The summed E-state index contributed by atoms with van der Waals surface area (Å²) in [4.78, 5) is 95.2. The molecule has 40 nitrogen and oxygen atoms in total. The maximum atomic E-state index is 12.9. The molecule has 0 bridgehead atoms. The average molecular weight is 1900 g/mol. The number of nitrogens with zero attached hydrogens (tertiary/aromatic N) is 3. The van der Waals surface area contributed by atoms with Crippen LogP contribution in [-0.2, 0) is 127 Å². The highest BCUT2D eigenvalue weighted by Crippen LogP contribution is 2.49. The third-order valence-corrected chi connectivity index (χ3v) is 38.4. The van der Waals surface area contributed by atoms with Gasteiger partial charge in [0.05, 0.1) is 39.1 Å². The monoisotopic (exact) mass is 1890 g/mol. The molecule has 8 rings (SSSR count). The Morgan fingerprint density at radius 3 is 0.956 bits per heavy atom. The van der Waals surface area contributed by atoms with E-state index >= 15 is 0 Å². The van der Waals surface area contributed by atoms with Crippen molar-refractivity contribution in [1.29, 1.82) is 0 Å². The van der Waals surface area contributed by atoms with Crippen molar-refractivity contribution in [1.82, 2.24) is 20.0 Å². The van der Waals surface area contributed by atoms with Crippen LogP contribution in [0.25, 0.3) is 0 Å². The van der Waals surface area contributed by atoms with E-state index in [4.69, 9.17) is 77.7 Å². The molecular weight excluding hydrogens is 1810 g/mol. The molecule has 8 heterocycles. The number of primary sulfonamides is 4. The fourth-order valence-electron chi connectivity index (χ4n) is 11.2. The van der Waals surface area contributed by atoms with Crippen LogP contribution in [0.1, 0.15) is 166 Å². The van der Waals surface area contributed by atoms with E-state index in [-0.39, 0.29) is 146 Å². The Labute approximate surface area is 683 Å². The summed E-state index contributed by atoms with van der Waals surface area (Å²) >= 11 is 17.3. The molecule has 113 heavy (non-hydrogen) atoms. The summed E-state index contributed by atoms with van der Waals surface area (Å²) in [6.07, 6.45) is -2.76. The molecule has 0 aliphatic carbocycles. The van der Waals surface area contributed by atoms with Gasteiger partial charge >= 0.3 is 47.6 Å². The minimum absolute atomic E-state index is 0.0276. The Kier molecular flexibility index (Phi) is 36.6. The van der Waals surface area contributed by atoms with Crippen LogP contribution in [0.4, 0.5) is 19.2 Å². The van der Waals surface area contributed by atoms with Crippen LogP contribution in [0.2, 0.25) is 0 Å². The van der Waals surface area contributed by atoms with Gasteiger partial charge in [0.15, 0.2) is 51.5 Å². The van der Waals surface area contributed by atoms with Crippen LogP contribution in [-0.4, -0.2) is 213 Å². The number of amides is 3. The van der Waals surface area contributed by atoms with E-state index in [0.717, 1.165) is 23.5 Å². The van der Waals surface area contributed by atoms with Gasteiger partial charge in [0.1, 0.15) is 33.7 Å². The van der Waals surface area contributed by atoms with Gasteiger partial charge in [0.2, 0.25) is 53.7 Å². The minimum Gasteiger partial charge on any atom is -0.481 e. The van der Waals surface area contributed by atoms with Crippen LogP contribution in [0.5, 0.6) is 0 Å². The second kappa shape index (κ2) is 41.6. The molecule has 0 unspecified atom stereocenters. The number of carboxylic acids is 2. The lowest BCUT2D eigenvalue weighted by Gasteiger charge is -2.35. The first kappa shape index (κ1) is 99.6. The normalized spacial score (nSPS) is 20.7. The number of carbonyl (C=O) groups is 8. The van der Waals surface area contributed by atoms with Gasteiger partial charge in [-0.2, -0.15) is 0 Å². The minimum atomic E-state index is -4.23. The zero-order chi connectivity index (χ0) is 86.2. The van der Waals surface area contributed by atoms with E-state index in [2.05, 4.69) is 21.7 Å². The zero-order valence-electron chi connectivity index (χ0n) is 61.0. The van der Waals surface area contributed by atoms with E-state index in [9.17, 15) is 106 Å². The quantitative estimate of drug-likeness (QED) is 0.0120. The topological polar surface area (TPSA) is 631 Å². The Hall–Kier alpha value is -5.77. The number of thiophene rings is 4. The number of nitrogens with one attached hydrogen (secondary N) is 1. The summed E-state index contributed by atoms with van der Waals surface area (Å²) in [5, 5.41) is 36.6. The molecule has 640 valence electrons. The molecule has 0 fully saturated rings. The number of esters is 2. The van der Waals surface area contributed by atoms with Crippen molar-refractivity contribution in [3.8, 4) is 0 Å². The van der Waals surface area contributed by atoms with Crippen LogP contribution in [0.15, 0.2) is 57.9 Å². The van der Waals surface area contributed by atoms with Gasteiger partial charge < -0.3 is 58.7 Å². The van der Waals surface area contributed by atoms with E-state index in [1.807, 2.05) is 6.92 Å². The summed E-state index contributed by atoms with van der Waals surface area (Å²) in [5.41, 5.74) is 0.0673. The molecule has 0 saturated heterocycles. The Morgan fingerprint density at radius 2 is 0.708 bits per heavy atom. The largest absolute Gasteiger partial charge is 0.481 e. The second-order valence-electron chi connectivity index (χ2n) is 24.4. The van der Waals surface area contributed by atoms with Gasteiger partial charge in [-0.15, -0.1) is 45.3 Å². The van der Waals surface area contributed by atoms with Crippen LogP contribution in [0.3, 0.4) is 0 Å². The summed E-state index contributed by atoms with van der Waals surface area (Å²) in [5.74, 6) is -3.58. The Morgan fingerprint density at radius 1 is 0.442 bits per heavy atom. The molecule has 11 N–H and O–H groups in total. The molecule has 4 aromatic heterocycles. The maximum Gasteiger partial charge on any atom is 0.413 e. The molecule has 4 aromatic rings. The van der Waals surface area contributed by atoms with Crippen molar-refractivity contribution < 1.29 is 144 Å². The number of carboxylic acid groups (broad SMARTS) is 2. The van der Waals surface area contributed by atoms with Gasteiger partial charge in [0, 0.05) is 85.2 Å². The maximum absolute atomic E-state index is 12.9. The number of hydrogen-bond acceptors (Lipinski definition) is 35. The number of rotatable bonds is 26. The highest BCUT2D eigenvalue weighted by atomic mass is 35.5. The molecule has 4 aliphatic heterocycles. The summed E-state index contributed by atoms with van der Waals surface area (Å²) in [6.45, 7) is 12.2. The first-order valence-corrected chi connectivity index (χ1v) is 50.0. The van der Waals surface area contributed by atoms with E-state index in [0.29, 0.717) is 52.5 Å². The molecule has 8 atom stereocenters. The number of sulfonamides is 4. The molecule has 4 aliphatic rings. The van der Waals surface area contributed by atoms with Gasteiger partial charge in [-0.1, -0.05) is 30.1 Å². The number of fused-ring (bicyclic) bond motifs is 4. The highest BCUT2D eigenvalue weighted by Gasteiger charge is 2.47. The summed E-state index contributed by atoms with van der Waals surface area (Å²) in [6, 6.07) is 1.80. The van der Waals surface area contributed by atoms with Crippen LogP contribution in [0, 0.1) is 0 Å². The fourth-order valence-corrected chi connectivity index (χ4v) is 29.1. The number of halogens is 3. The molecule has 0 aromatic carbocycles. The van der Waals surface area contributed by atoms with Gasteiger partial charge in [-0.05, 0) is 118 Å². The summed E-state index contributed by atoms with van der Waals surface area (Å²) < 4.78 is 222. The van der Waals surface area contributed by atoms with Crippen molar-refractivity contribution in [2.24, 2.45) is 20.6 Å². The van der Waals surface area contributed by atoms with Crippen molar-refractivity contribution in [2.45, 2.75) is 198 Å². The number of ether oxygens (including phenoxy) is 6. The number of carbonyl (C=O) groups excluding carboxylic acids is 6. The zero-order valence-corrected chi connectivity index (χ0v) is 73.0. The van der Waals surface area contributed by atoms with Gasteiger partial charge in [-0.25, -0.2) is 107 Å². The third kappa shape index (κ3) is 26.4. The highest BCUT2D eigenvalue weighted by molar-refractivity contribution is 7.97. The van der Waals surface area contributed by atoms with Crippen molar-refractivity contribution in [2.75, 3.05) is 51.9 Å². The lowest BCUT2D eigenvalue weighted by atomic mass is 10.0. The second-order valence-corrected chi connectivity index (χ2v) is 46.7. The van der Waals surface area contributed by atoms with Gasteiger partial charge in [-0.3, -0.25) is 19.2 Å². The summed E-state index contributed by atoms with van der Waals surface area (Å²) in [7, 11) is -31.3. The molecule has 0 radical (unpaired) electrons. The number of aliphatic carboxylic acids is 2. The molecule has 0 spiro atoms. The standard InChI is InChI=1S/C29H40N4O16S6.C12H17ClN2O6S3.C10H16N2O4S3.C5H8O4.C2H2Cl2O2/c1-5-32(20-10-16(3)52(38,39)26-18(20)12-24(50-26)54(30,42)43)28(36)48-14-46-22(34)8-7-9-23(35)47-15-49-29(37)33(6-2)21-11-17(4)53(40,41)27-19(21)13-25(51-27)55(31,44)45;1-3-15(12(16)21-6-13)9-4-7(2)23(17,18)11-8(9)5-10(22-11)24(14,19)20;1-3-12-8-4-6(2)18(13,14)10-7(8)5-9(17-10)19(11,15)16;6-4(7)2-1-3-5(8)9;3-1-6-2(4)5/h12-13,16-17,20-21H,5-11,14-15H2,1-4H3,(H2,30,42,43)(H2,31,44,45);5,7,9H,3-4,6H2,1-2H3,(H2,14,19,20);5-6,8,12H,3-4H2,1-2H3,(H2,11,15,16);1-3H2,(H,6,7)(H,8,9);1H2/t16-,17-,20-,21-;7-,9-;6-,8-;;/m000../s1. The van der Waals surface area contributed by atoms with Crippen molar-refractivity contribution >= 4 is 207 Å². The molecule has 55 heteroatoms. The smallest absolute Gasteiger partial charge is 0.413 e. The third-order valence-electron chi connectivity index (χ3n) is 16.8. The number of alkyl halides is 2. The Bertz CT molecular complexity index is 4940. The van der Waals surface area contributed by atoms with Crippen molar-refractivity contribution in [3.05, 3.63) is 46.5 Å². The van der Waals surface area contributed by atoms with Crippen molar-refractivity contribution in [3.63, 3.8) is 0 Å². The van der Waals surface area contributed by atoms with Gasteiger partial charge in [0.25, 0.3) is 0 Å². The number of hydrogen-bond donors (Lipinski definition) is 7. The van der Waals surface area contributed by atoms with E-state index in [1.54, 1.807) is 27.7 Å². The number of nitrogens with two attached hydrogens (primary N) is 4. The lowest BCUT2D eigenvalue weighted by Crippen LogP contribution is -2.40. The molecule has 0 saturated carbocycles. The predicted octanol–water partition coefficient (Wildman–Crippen LogP) is 6.26. The van der Waals surface area contributed by atoms with E-state index in [1.165, 1.54) is 47.6 Å².